The number of likely N-dealkylation sites (tertiary alicyclic amines) is 1. The highest BCUT2D eigenvalue weighted by atomic mass is 32.2. The van der Waals surface area contributed by atoms with E-state index in [0.717, 1.165) is 49.1 Å². The van der Waals surface area contributed by atoms with Crippen molar-refractivity contribution in [3.05, 3.63) is 60.2 Å². The first-order chi connectivity index (χ1) is 19.8. The standard InChI is InChI=1S/C26H35N3O3S.C4H4O4/c1-28(26-27-22-10-5-4-9-20(22)19-33-26)21-13-16-29(17-14-21)15-6-7-18-32-25-23(30-2)11-8-12-24(25)31-3;5-3(6)1-2-4(7)8/h4-5,8-12,21H,6-7,13-19H2,1-3H3;1-2H,(H,5,6)(H,7,8). The Labute approximate surface area is 245 Å². The van der Waals surface area contributed by atoms with E-state index in [9.17, 15) is 9.59 Å². The van der Waals surface area contributed by atoms with Gasteiger partial charge in [-0.25, -0.2) is 14.6 Å². The van der Waals surface area contributed by atoms with Crippen LogP contribution >= 0.6 is 11.8 Å². The fourth-order valence-corrected chi connectivity index (χ4v) is 5.64. The Bertz CT molecular complexity index is 1170. The van der Waals surface area contributed by atoms with Crippen molar-refractivity contribution in [2.75, 3.05) is 47.5 Å². The van der Waals surface area contributed by atoms with Gasteiger partial charge in [-0.3, -0.25) is 0 Å². The van der Waals surface area contributed by atoms with Crippen LogP contribution in [0, 0.1) is 0 Å². The van der Waals surface area contributed by atoms with Crippen LogP contribution in [0.1, 0.15) is 31.2 Å². The van der Waals surface area contributed by atoms with Gasteiger partial charge in [0.2, 0.25) is 5.75 Å². The van der Waals surface area contributed by atoms with Gasteiger partial charge in [0.15, 0.2) is 16.7 Å². The van der Waals surface area contributed by atoms with Gasteiger partial charge in [0, 0.05) is 44.1 Å². The Kier molecular flexibility index (Phi) is 12.8. The van der Waals surface area contributed by atoms with Crippen LogP contribution in [0.3, 0.4) is 0 Å². The summed E-state index contributed by atoms with van der Waals surface area (Å²) >= 11 is 1.86. The number of aliphatic imine (C=N–C) groups is 1. The maximum Gasteiger partial charge on any atom is 0.328 e. The third-order valence-electron chi connectivity index (χ3n) is 6.84. The minimum Gasteiger partial charge on any atom is -0.493 e. The lowest BCUT2D eigenvalue weighted by Gasteiger charge is -2.38. The summed E-state index contributed by atoms with van der Waals surface area (Å²) in [6, 6.07) is 14.7. The van der Waals surface area contributed by atoms with Crippen LogP contribution in [0.4, 0.5) is 5.69 Å². The van der Waals surface area contributed by atoms with Crippen LogP contribution in [-0.4, -0.2) is 90.7 Å². The number of hydrogen-bond donors (Lipinski definition) is 2. The average Bonchev–Trinajstić information content (AvgIpc) is 2.99. The molecule has 1 fully saturated rings. The fraction of sp³-hybridized carbons (Fsp3) is 0.433. The molecule has 0 aromatic heterocycles. The Morgan fingerprint density at radius 3 is 2.24 bits per heavy atom. The van der Waals surface area contributed by atoms with Crippen LogP contribution < -0.4 is 14.2 Å². The molecule has 2 heterocycles. The lowest BCUT2D eigenvalue weighted by molar-refractivity contribution is -0.134. The Hall–Kier alpha value is -3.70. The third-order valence-corrected chi connectivity index (χ3v) is 7.93. The van der Waals surface area contributed by atoms with E-state index in [2.05, 4.69) is 41.1 Å². The van der Waals surface area contributed by atoms with E-state index in [1.807, 2.05) is 30.0 Å². The van der Waals surface area contributed by atoms with E-state index >= 15 is 0 Å². The molecule has 11 heteroatoms. The molecule has 4 rings (SSSR count). The summed E-state index contributed by atoms with van der Waals surface area (Å²) in [5.74, 6) is 0.618. The third kappa shape index (κ3) is 10.0. The van der Waals surface area contributed by atoms with Crippen LogP contribution in [0.25, 0.3) is 0 Å². The fourth-order valence-electron chi connectivity index (χ4n) is 4.60. The summed E-state index contributed by atoms with van der Waals surface area (Å²) in [7, 11) is 5.52. The van der Waals surface area contributed by atoms with Crippen LogP contribution in [0.5, 0.6) is 17.2 Å². The zero-order chi connectivity index (χ0) is 29.6. The smallest absolute Gasteiger partial charge is 0.328 e. The highest BCUT2D eigenvalue weighted by Crippen LogP contribution is 2.37. The summed E-state index contributed by atoms with van der Waals surface area (Å²) < 4.78 is 16.8. The lowest BCUT2D eigenvalue weighted by atomic mass is 10.0. The molecule has 0 aliphatic carbocycles. The molecule has 2 aromatic rings. The van der Waals surface area contributed by atoms with E-state index in [0.29, 0.717) is 42.0 Å². The number of fused-ring (bicyclic) bond motifs is 1. The monoisotopic (exact) mass is 585 g/mol. The van der Waals surface area contributed by atoms with Gasteiger partial charge in [-0.1, -0.05) is 36.0 Å². The first-order valence-corrected chi connectivity index (χ1v) is 14.5. The topological polar surface area (TPSA) is 121 Å². The SMILES string of the molecule is COc1cccc(OC)c1OCCCCN1CCC(N(C)C2=Nc3ccccc3CS2)CC1.O=C(O)C=CC(=O)O. The number of carboxylic acid groups (broad SMARTS) is 2. The summed E-state index contributed by atoms with van der Waals surface area (Å²) in [5.41, 5.74) is 2.46. The number of methoxy groups -OCH3 is 2. The van der Waals surface area contributed by atoms with Crippen LogP contribution in [-0.2, 0) is 15.3 Å². The van der Waals surface area contributed by atoms with E-state index in [4.69, 9.17) is 29.4 Å². The highest BCUT2D eigenvalue weighted by Gasteiger charge is 2.26. The number of unbranched alkanes of at least 4 members (excludes halogenated alkanes) is 1. The zero-order valence-corrected chi connectivity index (χ0v) is 24.6. The zero-order valence-electron chi connectivity index (χ0n) is 23.8. The van der Waals surface area contributed by atoms with Gasteiger partial charge in [0.1, 0.15) is 0 Å². The average molecular weight is 586 g/mol. The molecule has 0 saturated carbocycles. The number of nitrogens with zero attached hydrogens (tertiary/aromatic N) is 3. The van der Waals surface area contributed by atoms with E-state index in [1.54, 1.807) is 14.2 Å². The number of rotatable bonds is 11. The molecule has 0 bridgehead atoms. The normalized spacial score (nSPS) is 15.2. The number of carboxylic acids is 2. The predicted molar refractivity (Wildman–Crippen MR) is 161 cm³/mol. The molecule has 0 unspecified atom stereocenters. The molecule has 10 nitrogen and oxygen atoms in total. The summed E-state index contributed by atoms with van der Waals surface area (Å²) in [5, 5.41) is 16.8. The molecule has 41 heavy (non-hydrogen) atoms. The lowest BCUT2D eigenvalue weighted by Crippen LogP contribution is -2.45. The molecule has 2 N–H and O–H groups in total. The van der Waals surface area contributed by atoms with Crippen molar-refractivity contribution in [2.45, 2.75) is 37.5 Å². The second-order valence-electron chi connectivity index (χ2n) is 9.55. The first kappa shape index (κ1) is 31.8. The van der Waals surface area contributed by atoms with Crippen molar-refractivity contribution < 1.29 is 34.0 Å². The van der Waals surface area contributed by atoms with Gasteiger partial charge in [-0.2, -0.15) is 0 Å². The van der Waals surface area contributed by atoms with E-state index in [-0.39, 0.29) is 0 Å². The first-order valence-electron chi connectivity index (χ1n) is 13.5. The number of thioether (sulfide) groups is 1. The summed E-state index contributed by atoms with van der Waals surface area (Å²) in [6.45, 7) is 4.07. The molecule has 1 saturated heterocycles. The Balaban J connectivity index is 0.000000507. The summed E-state index contributed by atoms with van der Waals surface area (Å²) in [6.07, 6.45) is 5.62. The van der Waals surface area contributed by atoms with Gasteiger partial charge in [-0.05, 0) is 56.0 Å². The van der Waals surface area contributed by atoms with Crippen LogP contribution in [0.2, 0.25) is 0 Å². The largest absolute Gasteiger partial charge is 0.493 e. The Morgan fingerprint density at radius 2 is 1.63 bits per heavy atom. The number of piperidine rings is 1. The molecule has 2 aliphatic heterocycles. The Morgan fingerprint density at radius 1 is 1.00 bits per heavy atom. The molecule has 2 aliphatic rings. The van der Waals surface area contributed by atoms with E-state index < -0.39 is 11.9 Å². The van der Waals surface area contributed by atoms with Crippen LogP contribution in [0.15, 0.2) is 59.6 Å². The van der Waals surface area contributed by atoms with Crippen molar-refractivity contribution >= 4 is 34.6 Å². The van der Waals surface area contributed by atoms with E-state index in [1.165, 1.54) is 18.4 Å². The van der Waals surface area contributed by atoms with Gasteiger partial charge in [-0.15, -0.1) is 0 Å². The van der Waals surface area contributed by atoms with Crippen molar-refractivity contribution in [3.63, 3.8) is 0 Å². The van der Waals surface area contributed by atoms with Crippen molar-refractivity contribution in [1.82, 2.24) is 9.80 Å². The number of amidine groups is 1. The number of benzene rings is 2. The van der Waals surface area contributed by atoms with Crippen molar-refractivity contribution in [2.24, 2.45) is 4.99 Å². The molecular weight excluding hydrogens is 546 g/mol. The number of carbonyl (C=O) groups is 2. The molecule has 2 aromatic carbocycles. The summed E-state index contributed by atoms with van der Waals surface area (Å²) in [4.78, 5) is 29.0. The second-order valence-corrected chi connectivity index (χ2v) is 10.5. The predicted octanol–water partition coefficient (Wildman–Crippen LogP) is 4.91. The number of para-hydroxylation sites is 2. The molecule has 0 amide bonds. The van der Waals surface area contributed by atoms with Crippen molar-refractivity contribution in [1.29, 1.82) is 0 Å². The molecule has 222 valence electrons. The minimum absolute atomic E-state index is 0.558. The second kappa shape index (κ2) is 16.5. The number of hydrogen-bond acceptors (Lipinski definition) is 9. The van der Waals surface area contributed by atoms with Gasteiger partial charge < -0.3 is 34.2 Å². The van der Waals surface area contributed by atoms with Gasteiger partial charge in [0.25, 0.3) is 0 Å². The van der Waals surface area contributed by atoms with Gasteiger partial charge in [0.05, 0.1) is 26.5 Å². The molecule has 0 spiro atoms. The highest BCUT2D eigenvalue weighted by molar-refractivity contribution is 8.13. The number of ether oxygens (including phenoxy) is 3. The molecule has 0 radical (unpaired) electrons. The maximum atomic E-state index is 9.55. The quantitative estimate of drug-likeness (QED) is 0.278. The molecular formula is C30H39N3O7S. The molecule has 0 atom stereocenters. The van der Waals surface area contributed by atoms with Crippen molar-refractivity contribution in [3.8, 4) is 17.2 Å². The van der Waals surface area contributed by atoms with Gasteiger partial charge >= 0.3 is 11.9 Å². The number of aliphatic carboxylic acids is 2. The minimum atomic E-state index is -1.26. The maximum absolute atomic E-state index is 9.55.